The summed E-state index contributed by atoms with van der Waals surface area (Å²) in [6.07, 6.45) is 1.62. The molecule has 5 rings (SSSR count). The van der Waals surface area contributed by atoms with Crippen LogP contribution in [0.4, 0.5) is 0 Å². The molecule has 6 nitrogen and oxygen atoms in total. The van der Waals surface area contributed by atoms with Gasteiger partial charge in [0.15, 0.2) is 5.69 Å². The Bertz CT molecular complexity index is 1540. The fourth-order valence-electron chi connectivity index (χ4n) is 3.01. The molecule has 0 bridgehead atoms. The third kappa shape index (κ3) is 3.34. The SMILES string of the molecule is O=c1nc2s/c(=C\c3ccc(-c4ccc(Cl)cc4)o3)c(=O)n2nc1-c1ccccc1. The Balaban J connectivity index is 1.59. The first-order chi connectivity index (χ1) is 14.6. The molecular weight excluding hydrogens is 422 g/mol. The van der Waals surface area contributed by atoms with Crippen LogP contribution in [0.25, 0.3) is 33.6 Å². The van der Waals surface area contributed by atoms with Gasteiger partial charge in [-0.05, 0) is 36.4 Å². The average Bonchev–Trinajstić information content (AvgIpc) is 3.34. The number of benzene rings is 2. The van der Waals surface area contributed by atoms with Gasteiger partial charge < -0.3 is 4.42 Å². The van der Waals surface area contributed by atoms with Gasteiger partial charge in [0.1, 0.15) is 16.1 Å². The van der Waals surface area contributed by atoms with E-state index in [0.29, 0.717) is 26.6 Å². The Morgan fingerprint density at radius 1 is 0.933 bits per heavy atom. The average molecular weight is 434 g/mol. The lowest BCUT2D eigenvalue weighted by Gasteiger charge is -1.98. The zero-order valence-electron chi connectivity index (χ0n) is 15.3. The first-order valence-corrected chi connectivity index (χ1v) is 10.1. The fraction of sp³-hybridized carbons (Fsp3) is 0. The highest BCUT2D eigenvalue weighted by atomic mass is 35.5. The number of furan rings is 1. The van der Waals surface area contributed by atoms with Crippen molar-refractivity contribution in [1.82, 2.24) is 14.6 Å². The van der Waals surface area contributed by atoms with Crippen LogP contribution in [0, 0.1) is 0 Å². The second kappa shape index (κ2) is 7.37. The molecule has 3 heterocycles. The number of thiazole rings is 1. The Morgan fingerprint density at radius 2 is 1.70 bits per heavy atom. The molecule has 0 unspecified atom stereocenters. The van der Waals surface area contributed by atoms with E-state index in [2.05, 4.69) is 10.1 Å². The first-order valence-electron chi connectivity index (χ1n) is 8.95. The van der Waals surface area contributed by atoms with E-state index in [-0.39, 0.29) is 16.2 Å². The van der Waals surface area contributed by atoms with E-state index in [9.17, 15) is 9.59 Å². The maximum Gasteiger partial charge on any atom is 0.300 e. The van der Waals surface area contributed by atoms with Crippen LogP contribution >= 0.6 is 22.9 Å². The Morgan fingerprint density at radius 3 is 2.47 bits per heavy atom. The van der Waals surface area contributed by atoms with Crippen molar-refractivity contribution < 1.29 is 4.42 Å². The molecule has 0 aliphatic heterocycles. The molecule has 0 saturated carbocycles. The second-order valence-electron chi connectivity index (χ2n) is 6.45. The van der Waals surface area contributed by atoms with Gasteiger partial charge in [0.2, 0.25) is 4.96 Å². The summed E-state index contributed by atoms with van der Waals surface area (Å²) >= 11 is 7.01. The van der Waals surface area contributed by atoms with Gasteiger partial charge >= 0.3 is 5.56 Å². The largest absolute Gasteiger partial charge is 0.457 e. The van der Waals surface area contributed by atoms with Crippen LogP contribution < -0.4 is 15.7 Å². The standard InChI is InChI=1S/C22H12ClN3O3S/c23-15-8-6-13(7-9-15)17-11-10-16(29-17)12-18-21(28)26-22(30-18)24-20(27)19(25-26)14-4-2-1-3-5-14/h1-12H/b18-12-. The third-order valence-corrected chi connectivity index (χ3v) is 5.67. The summed E-state index contributed by atoms with van der Waals surface area (Å²) in [7, 11) is 0. The zero-order valence-corrected chi connectivity index (χ0v) is 16.9. The lowest BCUT2D eigenvalue weighted by Crippen LogP contribution is -2.26. The molecule has 0 N–H and O–H groups in total. The lowest BCUT2D eigenvalue weighted by atomic mass is 10.2. The highest BCUT2D eigenvalue weighted by Gasteiger charge is 2.13. The number of hydrogen-bond acceptors (Lipinski definition) is 6. The van der Waals surface area contributed by atoms with Crippen molar-refractivity contribution in [2.45, 2.75) is 0 Å². The van der Waals surface area contributed by atoms with Crippen molar-refractivity contribution in [2.24, 2.45) is 0 Å². The molecular formula is C22H12ClN3O3S. The van der Waals surface area contributed by atoms with Gasteiger partial charge in [-0.15, -0.1) is 0 Å². The monoisotopic (exact) mass is 433 g/mol. The predicted molar refractivity (Wildman–Crippen MR) is 117 cm³/mol. The molecule has 0 aliphatic rings. The molecule has 8 heteroatoms. The van der Waals surface area contributed by atoms with Gasteiger partial charge in [0.05, 0.1) is 0 Å². The number of fused-ring (bicyclic) bond motifs is 1. The van der Waals surface area contributed by atoms with Crippen molar-refractivity contribution >= 4 is 34.0 Å². The van der Waals surface area contributed by atoms with Crippen LogP contribution in [0.1, 0.15) is 5.76 Å². The third-order valence-electron chi connectivity index (χ3n) is 4.46. The summed E-state index contributed by atoms with van der Waals surface area (Å²) in [6.45, 7) is 0. The molecule has 146 valence electrons. The molecule has 0 spiro atoms. The molecule has 0 saturated heterocycles. The molecule has 0 atom stereocenters. The van der Waals surface area contributed by atoms with Gasteiger partial charge in [-0.3, -0.25) is 9.59 Å². The highest BCUT2D eigenvalue weighted by Crippen LogP contribution is 2.24. The maximum atomic E-state index is 12.8. The smallest absolute Gasteiger partial charge is 0.300 e. The van der Waals surface area contributed by atoms with Crippen molar-refractivity contribution in [3.63, 3.8) is 0 Å². The number of rotatable bonds is 3. The van der Waals surface area contributed by atoms with Crippen molar-refractivity contribution in [2.75, 3.05) is 0 Å². The van der Waals surface area contributed by atoms with Crippen LogP contribution in [0.15, 0.2) is 80.7 Å². The number of halogens is 1. The highest BCUT2D eigenvalue weighted by molar-refractivity contribution is 7.15. The summed E-state index contributed by atoms with van der Waals surface area (Å²) < 4.78 is 7.37. The van der Waals surface area contributed by atoms with Crippen LogP contribution in [0.2, 0.25) is 5.02 Å². The van der Waals surface area contributed by atoms with E-state index in [0.717, 1.165) is 21.4 Å². The van der Waals surface area contributed by atoms with E-state index >= 15 is 0 Å². The van der Waals surface area contributed by atoms with Gasteiger partial charge in [0.25, 0.3) is 5.56 Å². The molecule has 2 aromatic carbocycles. The molecule has 30 heavy (non-hydrogen) atoms. The van der Waals surface area contributed by atoms with Crippen LogP contribution in [-0.4, -0.2) is 14.6 Å². The van der Waals surface area contributed by atoms with E-state index in [4.69, 9.17) is 16.0 Å². The summed E-state index contributed by atoms with van der Waals surface area (Å²) in [5.41, 5.74) is 0.789. The minimum absolute atomic E-state index is 0.137. The Kier molecular flexibility index (Phi) is 4.54. The van der Waals surface area contributed by atoms with Crippen LogP contribution in [-0.2, 0) is 0 Å². The summed E-state index contributed by atoms with van der Waals surface area (Å²) in [4.78, 5) is 29.5. The van der Waals surface area contributed by atoms with Gasteiger partial charge in [-0.2, -0.15) is 14.6 Å². The van der Waals surface area contributed by atoms with E-state index < -0.39 is 5.56 Å². The predicted octanol–water partition coefficient (Wildman–Crippen LogP) is 3.64. The summed E-state index contributed by atoms with van der Waals surface area (Å²) in [5.74, 6) is 1.17. The van der Waals surface area contributed by atoms with Gasteiger partial charge in [0, 0.05) is 22.2 Å². The zero-order chi connectivity index (χ0) is 20.7. The first kappa shape index (κ1) is 18.5. The second-order valence-corrected chi connectivity index (χ2v) is 7.90. The minimum atomic E-state index is -0.475. The van der Waals surface area contributed by atoms with Crippen LogP contribution in [0.3, 0.4) is 0 Å². The molecule has 3 aromatic heterocycles. The van der Waals surface area contributed by atoms with E-state index in [1.807, 2.05) is 24.3 Å². The number of aromatic nitrogens is 3. The van der Waals surface area contributed by atoms with Crippen molar-refractivity contribution in [3.8, 4) is 22.6 Å². The van der Waals surface area contributed by atoms with E-state index in [1.54, 1.807) is 48.5 Å². The fourth-order valence-corrected chi connectivity index (χ4v) is 4.03. The number of hydrogen-bond donors (Lipinski definition) is 0. The normalized spacial score (nSPS) is 12.0. The minimum Gasteiger partial charge on any atom is -0.457 e. The van der Waals surface area contributed by atoms with Crippen molar-refractivity contribution in [3.05, 3.63) is 103 Å². The Hall–Kier alpha value is -3.55. The van der Waals surface area contributed by atoms with Gasteiger partial charge in [-0.25, -0.2) is 0 Å². The topological polar surface area (TPSA) is 77.5 Å². The van der Waals surface area contributed by atoms with E-state index in [1.165, 1.54) is 0 Å². The molecule has 0 amide bonds. The van der Waals surface area contributed by atoms with Crippen LogP contribution in [0.5, 0.6) is 0 Å². The quantitative estimate of drug-likeness (QED) is 0.434. The molecule has 0 aliphatic carbocycles. The number of nitrogens with zero attached hydrogens (tertiary/aromatic N) is 3. The Labute approximate surface area is 178 Å². The van der Waals surface area contributed by atoms with Gasteiger partial charge in [-0.1, -0.05) is 53.3 Å². The lowest BCUT2D eigenvalue weighted by molar-refractivity contribution is 0.571. The molecule has 0 fully saturated rings. The summed E-state index contributed by atoms with van der Waals surface area (Å²) in [5, 5.41) is 4.89. The maximum absolute atomic E-state index is 12.8. The molecule has 5 aromatic rings. The molecule has 0 radical (unpaired) electrons. The van der Waals surface area contributed by atoms with Crippen molar-refractivity contribution in [1.29, 1.82) is 0 Å². The summed E-state index contributed by atoms with van der Waals surface area (Å²) in [6, 6.07) is 19.8.